The van der Waals surface area contributed by atoms with Crippen LogP contribution in [0.4, 0.5) is 0 Å². The summed E-state index contributed by atoms with van der Waals surface area (Å²) in [6.45, 7) is 1.08. The van der Waals surface area contributed by atoms with Gasteiger partial charge in [0.05, 0.1) is 6.20 Å². The van der Waals surface area contributed by atoms with Crippen molar-refractivity contribution in [2.75, 3.05) is 19.0 Å². The highest BCUT2D eigenvalue weighted by atomic mass is 35.5. The lowest BCUT2D eigenvalue weighted by molar-refractivity contribution is 0.289. The fourth-order valence-electron chi connectivity index (χ4n) is 1.83. The predicted molar refractivity (Wildman–Crippen MR) is 60.8 cm³/mol. The molecule has 1 aromatic heterocycles. The van der Waals surface area contributed by atoms with Crippen molar-refractivity contribution < 1.29 is 8.42 Å². The average Bonchev–Trinajstić information content (AvgIpc) is 2.83. The number of nitrogens with zero attached hydrogens (tertiary/aromatic N) is 2. The Morgan fingerprint density at radius 3 is 2.69 bits per heavy atom. The van der Waals surface area contributed by atoms with Crippen molar-refractivity contribution in [2.24, 2.45) is 5.92 Å². The van der Waals surface area contributed by atoms with E-state index >= 15 is 0 Å². The molecule has 0 atom stereocenters. The van der Waals surface area contributed by atoms with Gasteiger partial charge in [0.25, 0.3) is 10.0 Å². The molecule has 1 saturated heterocycles. The van der Waals surface area contributed by atoms with E-state index < -0.39 is 10.0 Å². The maximum Gasteiger partial charge on any atom is 0.259 e. The third-order valence-corrected chi connectivity index (χ3v) is 5.15. The van der Waals surface area contributed by atoms with Gasteiger partial charge in [-0.3, -0.25) is 5.10 Å². The Hall–Kier alpha value is -0.590. The molecule has 16 heavy (non-hydrogen) atoms. The predicted octanol–water partition coefficient (Wildman–Crippen LogP) is 1.05. The summed E-state index contributed by atoms with van der Waals surface area (Å²) in [5.41, 5.74) is 0. The smallest absolute Gasteiger partial charge is 0.259 e. The number of rotatable bonds is 3. The van der Waals surface area contributed by atoms with Gasteiger partial charge >= 0.3 is 0 Å². The van der Waals surface area contributed by atoms with Crippen LogP contribution in [-0.2, 0) is 10.0 Å². The minimum Gasteiger partial charge on any atom is -0.266 e. The highest BCUT2D eigenvalue weighted by Gasteiger charge is 2.29. The molecule has 0 aromatic carbocycles. The molecule has 0 saturated carbocycles. The molecule has 1 aromatic rings. The largest absolute Gasteiger partial charge is 0.266 e. The first-order valence-electron chi connectivity index (χ1n) is 5.20. The molecule has 2 rings (SSSR count). The summed E-state index contributed by atoms with van der Waals surface area (Å²) in [5.74, 6) is 1.05. The van der Waals surface area contributed by atoms with E-state index in [9.17, 15) is 8.42 Å². The first-order valence-corrected chi connectivity index (χ1v) is 7.17. The van der Waals surface area contributed by atoms with Crippen molar-refractivity contribution in [1.29, 1.82) is 0 Å². The summed E-state index contributed by atoms with van der Waals surface area (Å²) in [4.78, 5) is 0. The fourth-order valence-corrected chi connectivity index (χ4v) is 3.51. The molecule has 0 bridgehead atoms. The molecule has 0 radical (unpaired) electrons. The molecule has 5 nitrogen and oxygen atoms in total. The Labute approximate surface area is 99.8 Å². The summed E-state index contributed by atoms with van der Waals surface area (Å²) in [7, 11) is -3.38. The zero-order chi connectivity index (χ0) is 11.6. The van der Waals surface area contributed by atoms with E-state index in [2.05, 4.69) is 10.2 Å². The number of H-pyrrole nitrogens is 1. The summed E-state index contributed by atoms with van der Waals surface area (Å²) in [6.07, 6.45) is 3.10. The first kappa shape index (κ1) is 11.9. The molecule has 1 aliphatic rings. The molecule has 7 heteroatoms. The second kappa shape index (κ2) is 4.73. The van der Waals surface area contributed by atoms with E-state index in [-0.39, 0.29) is 5.03 Å². The minimum atomic E-state index is -3.38. The topological polar surface area (TPSA) is 66.1 Å². The van der Waals surface area contributed by atoms with Crippen LogP contribution in [0.5, 0.6) is 0 Å². The number of aromatic nitrogens is 2. The minimum absolute atomic E-state index is 0.164. The number of sulfonamides is 1. The Morgan fingerprint density at radius 1 is 1.50 bits per heavy atom. The fraction of sp³-hybridized carbons (Fsp3) is 0.667. The highest BCUT2D eigenvalue weighted by Crippen LogP contribution is 2.23. The van der Waals surface area contributed by atoms with Crippen LogP contribution in [0.1, 0.15) is 12.8 Å². The molecule has 90 valence electrons. The van der Waals surface area contributed by atoms with Crippen molar-refractivity contribution in [3.8, 4) is 0 Å². The van der Waals surface area contributed by atoms with Crippen molar-refractivity contribution in [1.82, 2.24) is 14.5 Å². The zero-order valence-corrected chi connectivity index (χ0v) is 10.3. The number of halogens is 1. The van der Waals surface area contributed by atoms with E-state index in [1.54, 1.807) is 0 Å². The van der Waals surface area contributed by atoms with Crippen molar-refractivity contribution in [3.05, 3.63) is 12.3 Å². The Morgan fingerprint density at radius 2 is 2.19 bits per heavy atom. The zero-order valence-electron chi connectivity index (χ0n) is 8.76. The Bertz CT molecular complexity index is 424. The molecule has 0 aliphatic carbocycles. The number of aromatic amines is 1. The average molecular weight is 264 g/mol. The molecule has 2 heterocycles. The normalized spacial score (nSPS) is 20.1. The molecule has 1 fully saturated rings. The lowest BCUT2D eigenvalue weighted by atomic mass is 10.0. The number of alkyl halides is 1. The standard InChI is InChI=1S/C9H14ClN3O2S/c10-7-8-2-5-13(6-3-8)16(14,15)9-1-4-11-12-9/h1,4,8H,2-3,5-7H2,(H,11,12). The van der Waals surface area contributed by atoms with Gasteiger partial charge in [0.2, 0.25) is 0 Å². The van der Waals surface area contributed by atoms with Gasteiger partial charge in [-0.05, 0) is 24.8 Å². The summed E-state index contributed by atoms with van der Waals surface area (Å²) in [5, 5.41) is 6.32. The van der Waals surface area contributed by atoms with Crippen LogP contribution >= 0.6 is 11.6 Å². The van der Waals surface area contributed by atoms with E-state index in [0.717, 1.165) is 12.8 Å². The van der Waals surface area contributed by atoms with Crippen LogP contribution in [0.3, 0.4) is 0 Å². The molecular formula is C9H14ClN3O2S. The van der Waals surface area contributed by atoms with Gasteiger partial charge in [0.1, 0.15) is 0 Å². The van der Waals surface area contributed by atoms with Gasteiger partial charge in [-0.1, -0.05) is 0 Å². The van der Waals surface area contributed by atoms with Crippen LogP contribution < -0.4 is 0 Å². The van der Waals surface area contributed by atoms with E-state index in [1.165, 1.54) is 16.6 Å². The Balaban J connectivity index is 2.09. The maximum absolute atomic E-state index is 12.1. The SMILES string of the molecule is O=S(=O)(c1ccn[nH]1)N1CCC(CCl)CC1. The molecule has 1 N–H and O–H groups in total. The Kier molecular flexibility index (Phi) is 3.51. The van der Waals surface area contributed by atoms with Crippen LogP contribution in [0.25, 0.3) is 0 Å². The van der Waals surface area contributed by atoms with E-state index in [1.807, 2.05) is 0 Å². The summed E-state index contributed by atoms with van der Waals surface area (Å²) < 4.78 is 25.6. The molecule has 1 aliphatic heterocycles. The third-order valence-electron chi connectivity index (χ3n) is 2.88. The second-order valence-corrected chi connectivity index (χ2v) is 6.14. The van der Waals surface area contributed by atoms with Gasteiger partial charge in [-0.15, -0.1) is 11.6 Å². The quantitative estimate of drug-likeness (QED) is 0.829. The number of piperidine rings is 1. The van der Waals surface area contributed by atoms with E-state index in [0.29, 0.717) is 24.9 Å². The molecular weight excluding hydrogens is 250 g/mol. The molecule has 0 spiro atoms. The number of nitrogens with one attached hydrogen (secondary N) is 1. The monoisotopic (exact) mass is 263 g/mol. The van der Waals surface area contributed by atoms with Crippen molar-refractivity contribution in [3.63, 3.8) is 0 Å². The lowest BCUT2D eigenvalue weighted by Gasteiger charge is -2.29. The second-order valence-electron chi connectivity index (χ2n) is 3.92. The maximum atomic E-state index is 12.1. The van der Waals surface area contributed by atoms with Crippen LogP contribution in [0.15, 0.2) is 17.3 Å². The number of hydrogen-bond donors (Lipinski definition) is 1. The van der Waals surface area contributed by atoms with Crippen LogP contribution in [0.2, 0.25) is 0 Å². The van der Waals surface area contributed by atoms with Gasteiger partial charge in [-0.2, -0.15) is 9.40 Å². The van der Waals surface area contributed by atoms with Crippen molar-refractivity contribution in [2.45, 2.75) is 17.9 Å². The van der Waals surface area contributed by atoms with Gasteiger partial charge in [0.15, 0.2) is 5.03 Å². The third kappa shape index (κ3) is 2.23. The number of hydrogen-bond acceptors (Lipinski definition) is 3. The molecule has 0 unspecified atom stereocenters. The lowest BCUT2D eigenvalue weighted by Crippen LogP contribution is -2.38. The highest BCUT2D eigenvalue weighted by molar-refractivity contribution is 7.89. The summed E-state index contributed by atoms with van der Waals surface area (Å²) in [6, 6.07) is 1.48. The van der Waals surface area contributed by atoms with Gasteiger partial charge in [-0.25, -0.2) is 8.42 Å². The first-order chi connectivity index (χ1) is 7.64. The van der Waals surface area contributed by atoms with Crippen LogP contribution in [0, 0.1) is 5.92 Å². The van der Waals surface area contributed by atoms with Gasteiger partial charge in [0, 0.05) is 19.0 Å². The van der Waals surface area contributed by atoms with E-state index in [4.69, 9.17) is 11.6 Å². The summed E-state index contributed by atoms with van der Waals surface area (Å²) >= 11 is 5.76. The van der Waals surface area contributed by atoms with Crippen LogP contribution in [-0.4, -0.2) is 41.9 Å². The van der Waals surface area contributed by atoms with Crippen molar-refractivity contribution >= 4 is 21.6 Å². The molecule has 0 amide bonds. The van der Waals surface area contributed by atoms with Gasteiger partial charge < -0.3 is 0 Å².